The summed E-state index contributed by atoms with van der Waals surface area (Å²) in [6.45, 7) is 4.44. The Hall–Kier alpha value is -1.26. The minimum atomic E-state index is -3.88. The van der Waals surface area contributed by atoms with Crippen LogP contribution >= 0.6 is 12.4 Å². The van der Waals surface area contributed by atoms with Gasteiger partial charge < -0.3 is 10.6 Å². The Bertz CT molecular complexity index is 830. The van der Waals surface area contributed by atoms with Crippen molar-refractivity contribution in [3.8, 4) is 0 Å². The third-order valence-electron chi connectivity index (χ3n) is 5.47. The topological polar surface area (TPSA) is 81.8 Å². The van der Waals surface area contributed by atoms with Crippen LogP contribution in [-0.2, 0) is 21.2 Å². The van der Waals surface area contributed by atoms with Gasteiger partial charge in [0.25, 0.3) is 0 Å². The lowest BCUT2D eigenvalue weighted by Crippen LogP contribution is -2.49. The second-order valence-corrected chi connectivity index (χ2v) is 8.99. The second-order valence-electron chi connectivity index (χ2n) is 7.08. The van der Waals surface area contributed by atoms with Gasteiger partial charge in [0.2, 0.25) is 15.9 Å². The zero-order valence-electron chi connectivity index (χ0n) is 14.9. The Morgan fingerprint density at radius 3 is 2.59 bits per heavy atom. The monoisotopic (exact) mass is 418 g/mol. The van der Waals surface area contributed by atoms with Crippen molar-refractivity contribution in [2.75, 3.05) is 44.6 Å². The van der Waals surface area contributed by atoms with Crippen molar-refractivity contribution in [1.29, 1.82) is 0 Å². The summed E-state index contributed by atoms with van der Waals surface area (Å²) in [6.07, 6.45) is 1.47. The zero-order valence-corrected chi connectivity index (χ0v) is 16.5. The van der Waals surface area contributed by atoms with Crippen molar-refractivity contribution in [2.24, 2.45) is 0 Å². The SMILES string of the molecule is Cl.O=C1CCc2cc(S(=O)(=O)N3CCC(N4CCNCC4)C3)c(F)cc2N1. The molecule has 1 atom stereocenters. The first-order valence-electron chi connectivity index (χ1n) is 9.02. The Labute approximate surface area is 164 Å². The predicted molar refractivity (Wildman–Crippen MR) is 102 cm³/mol. The van der Waals surface area contributed by atoms with Gasteiger partial charge in [0.15, 0.2) is 0 Å². The molecule has 2 fully saturated rings. The fourth-order valence-corrected chi connectivity index (χ4v) is 5.58. The van der Waals surface area contributed by atoms with E-state index >= 15 is 0 Å². The minimum Gasteiger partial charge on any atom is -0.326 e. The number of nitrogens with one attached hydrogen (secondary N) is 2. The smallest absolute Gasteiger partial charge is 0.246 e. The van der Waals surface area contributed by atoms with Gasteiger partial charge >= 0.3 is 0 Å². The number of hydrogen-bond acceptors (Lipinski definition) is 5. The Balaban J connectivity index is 0.00000210. The van der Waals surface area contributed by atoms with Crippen molar-refractivity contribution in [2.45, 2.75) is 30.2 Å². The molecule has 2 N–H and O–H groups in total. The van der Waals surface area contributed by atoms with Crippen LogP contribution in [0.1, 0.15) is 18.4 Å². The summed E-state index contributed by atoms with van der Waals surface area (Å²) in [4.78, 5) is 13.5. The molecular weight excluding hydrogens is 395 g/mol. The summed E-state index contributed by atoms with van der Waals surface area (Å²) in [5.41, 5.74) is 1.04. The molecule has 0 aliphatic carbocycles. The van der Waals surface area contributed by atoms with Gasteiger partial charge in [-0.05, 0) is 30.5 Å². The number of anilines is 1. The molecular formula is C17H24ClFN4O3S. The highest BCUT2D eigenvalue weighted by Crippen LogP contribution is 2.31. The lowest BCUT2D eigenvalue weighted by Gasteiger charge is -2.32. The number of amides is 1. The van der Waals surface area contributed by atoms with E-state index in [2.05, 4.69) is 15.5 Å². The molecule has 3 heterocycles. The number of fused-ring (bicyclic) bond motifs is 1. The van der Waals surface area contributed by atoms with E-state index in [-0.39, 0.29) is 35.7 Å². The van der Waals surface area contributed by atoms with E-state index in [4.69, 9.17) is 0 Å². The molecule has 0 bridgehead atoms. The average molecular weight is 419 g/mol. The van der Waals surface area contributed by atoms with E-state index < -0.39 is 15.8 Å². The molecule has 2 saturated heterocycles. The van der Waals surface area contributed by atoms with Crippen LogP contribution in [0, 0.1) is 5.82 Å². The lowest BCUT2D eigenvalue weighted by molar-refractivity contribution is -0.116. The largest absolute Gasteiger partial charge is 0.326 e. The highest BCUT2D eigenvalue weighted by atomic mass is 35.5. The Morgan fingerprint density at radius 1 is 1.11 bits per heavy atom. The maximum absolute atomic E-state index is 14.5. The van der Waals surface area contributed by atoms with Crippen LogP contribution in [-0.4, -0.2) is 68.8 Å². The maximum atomic E-state index is 14.5. The van der Waals surface area contributed by atoms with Gasteiger partial charge in [-0.15, -0.1) is 12.4 Å². The Kier molecular flexibility index (Phi) is 6.07. The number of carbonyl (C=O) groups excluding carboxylic acids is 1. The average Bonchev–Trinajstić information content (AvgIpc) is 3.12. The van der Waals surface area contributed by atoms with Gasteiger partial charge in [0.1, 0.15) is 10.7 Å². The van der Waals surface area contributed by atoms with E-state index in [1.165, 1.54) is 10.4 Å². The standard InChI is InChI=1S/C17H23FN4O3S.ClH/c18-14-10-15-12(1-2-17(23)20-15)9-16(14)26(24,25)22-6-3-13(11-22)21-7-4-19-5-8-21;/h9-10,13,19H,1-8,11H2,(H,20,23);1H. The highest BCUT2D eigenvalue weighted by Gasteiger charge is 2.37. The molecule has 1 aromatic rings. The summed E-state index contributed by atoms with van der Waals surface area (Å²) in [5.74, 6) is -0.984. The van der Waals surface area contributed by atoms with Crippen molar-refractivity contribution in [3.05, 3.63) is 23.5 Å². The number of hydrogen-bond donors (Lipinski definition) is 2. The summed E-state index contributed by atoms with van der Waals surface area (Å²) in [7, 11) is -3.88. The summed E-state index contributed by atoms with van der Waals surface area (Å²) < 4.78 is 41.9. The molecule has 1 amide bonds. The Morgan fingerprint density at radius 2 is 1.85 bits per heavy atom. The van der Waals surface area contributed by atoms with Crippen molar-refractivity contribution in [3.63, 3.8) is 0 Å². The molecule has 0 radical (unpaired) electrons. The molecule has 4 rings (SSSR count). The number of benzene rings is 1. The number of rotatable bonds is 3. The van der Waals surface area contributed by atoms with Gasteiger partial charge in [0, 0.05) is 57.4 Å². The molecule has 0 saturated carbocycles. The van der Waals surface area contributed by atoms with Crippen LogP contribution in [0.5, 0.6) is 0 Å². The van der Waals surface area contributed by atoms with Crippen LogP contribution in [0.15, 0.2) is 17.0 Å². The van der Waals surface area contributed by atoms with E-state index in [1.807, 2.05) is 0 Å². The van der Waals surface area contributed by atoms with Crippen LogP contribution in [0.4, 0.5) is 10.1 Å². The highest BCUT2D eigenvalue weighted by molar-refractivity contribution is 7.89. The first-order valence-corrected chi connectivity index (χ1v) is 10.5. The number of piperazine rings is 1. The predicted octanol–water partition coefficient (Wildman–Crippen LogP) is 0.800. The van der Waals surface area contributed by atoms with Crippen molar-refractivity contribution in [1.82, 2.24) is 14.5 Å². The van der Waals surface area contributed by atoms with Crippen molar-refractivity contribution < 1.29 is 17.6 Å². The lowest BCUT2D eigenvalue weighted by atomic mass is 10.0. The first kappa shape index (κ1) is 20.5. The van der Waals surface area contributed by atoms with Crippen LogP contribution in [0.3, 0.4) is 0 Å². The van der Waals surface area contributed by atoms with E-state index in [0.717, 1.165) is 38.7 Å². The van der Waals surface area contributed by atoms with Crippen molar-refractivity contribution >= 4 is 34.0 Å². The summed E-state index contributed by atoms with van der Waals surface area (Å²) in [5, 5.41) is 5.89. The first-order chi connectivity index (χ1) is 12.4. The molecule has 3 aliphatic rings. The second kappa shape index (κ2) is 8.00. The molecule has 0 spiro atoms. The molecule has 3 aliphatic heterocycles. The number of halogens is 2. The van der Waals surface area contributed by atoms with Gasteiger partial charge in [-0.1, -0.05) is 0 Å². The van der Waals surface area contributed by atoms with Gasteiger partial charge in [-0.25, -0.2) is 12.8 Å². The number of carbonyl (C=O) groups is 1. The van der Waals surface area contributed by atoms with E-state index in [9.17, 15) is 17.6 Å². The maximum Gasteiger partial charge on any atom is 0.246 e. The summed E-state index contributed by atoms with van der Waals surface area (Å²) in [6, 6.07) is 2.70. The molecule has 27 heavy (non-hydrogen) atoms. The fraction of sp³-hybridized carbons (Fsp3) is 0.588. The van der Waals surface area contributed by atoms with Crippen LogP contribution in [0.2, 0.25) is 0 Å². The van der Waals surface area contributed by atoms with Crippen LogP contribution in [0.25, 0.3) is 0 Å². The van der Waals surface area contributed by atoms with Gasteiger partial charge in [-0.2, -0.15) is 4.31 Å². The van der Waals surface area contributed by atoms with Gasteiger partial charge in [0.05, 0.1) is 0 Å². The zero-order chi connectivity index (χ0) is 18.3. The molecule has 7 nitrogen and oxygen atoms in total. The number of nitrogens with zero attached hydrogens (tertiary/aromatic N) is 2. The van der Waals surface area contributed by atoms with E-state index in [1.54, 1.807) is 0 Å². The molecule has 150 valence electrons. The summed E-state index contributed by atoms with van der Waals surface area (Å²) >= 11 is 0. The molecule has 1 aromatic carbocycles. The van der Waals surface area contributed by atoms with E-state index in [0.29, 0.717) is 30.8 Å². The van der Waals surface area contributed by atoms with Crippen LogP contribution < -0.4 is 10.6 Å². The fourth-order valence-electron chi connectivity index (χ4n) is 3.99. The third kappa shape index (κ3) is 3.97. The molecule has 10 heteroatoms. The van der Waals surface area contributed by atoms with Gasteiger partial charge in [-0.3, -0.25) is 9.69 Å². The molecule has 0 aromatic heterocycles. The number of sulfonamides is 1. The number of aryl methyl sites for hydroxylation is 1. The molecule has 1 unspecified atom stereocenters. The quantitative estimate of drug-likeness (QED) is 0.758. The normalized spacial score (nSPS) is 24.2. The third-order valence-corrected chi connectivity index (χ3v) is 7.35. The minimum absolute atomic E-state index is 0.